The predicted octanol–water partition coefficient (Wildman–Crippen LogP) is 5.40. The molecule has 2 N–H and O–H groups in total. The highest BCUT2D eigenvalue weighted by molar-refractivity contribution is 7.92. The highest BCUT2D eigenvalue weighted by Crippen LogP contribution is 2.29. The molecule has 164 valence electrons. The molecule has 1 heterocycles. The Balaban J connectivity index is 1.45. The molecule has 0 spiro atoms. The number of fused-ring (bicyclic) bond motifs is 1. The smallest absolute Gasteiger partial charge is 0.261 e. The van der Waals surface area contributed by atoms with Crippen molar-refractivity contribution in [3.8, 4) is 5.75 Å². The first-order valence-corrected chi connectivity index (χ1v) is 12.2. The molecule has 0 saturated heterocycles. The fourth-order valence-electron chi connectivity index (χ4n) is 2.90. The van der Waals surface area contributed by atoms with E-state index in [1.807, 2.05) is 25.1 Å². The Morgan fingerprint density at radius 1 is 1.06 bits per heavy atom. The summed E-state index contributed by atoms with van der Waals surface area (Å²) in [6, 6.07) is 17.5. The lowest BCUT2D eigenvalue weighted by Gasteiger charge is -2.09. The normalized spacial score (nSPS) is 11.3. The average Bonchev–Trinajstić information content (AvgIpc) is 3.16. The van der Waals surface area contributed by atoms with E-state index in [9.17, 15) is 13.2 Å². The van der Waals surface area contributed by atoms with E-state index in [4.69, 9.17) is 16.3 Å². The minimum Gasteiger partial charge on any atom is -0.494 e. The van der Waals surface area contributed by atoms with Gasteiger partial charge in [0.05, 0.1) is 21.7 Å². The SMILES string of the molecule is CCOc1ccc2nc(NC(=O)c3ccc(NS(=O)(=O)c4ccc(Cl)cc4)cc3)sc2c1. The number of anilines is 2. The van der Waals surface area contributed by atoms with Gasteiger partial charge in [-0.3, -0.25) is 14.8 Å². The molecule has 0 radical (unpaired) electrons. The number of sulfonamides is 1. The Kier molecular flexibility index (Phi) is 6.31. The molecule has 0 fully saturated rings. The van der Waals surface area contributed by atoms with E-state index in [-0.39, 0.29) is 10.8 Å². The number of amides is 1. The largest absolute Gasteiger partial charge is 0.494 e. The lowest BCUT2D eigenvalue weighted by atomic mass is 10.2. The number of nitrogens with zero attached hydrogens (tertiary/aromatic N) is 1. The Bertz CT molecular complexity index is 1370. The van der Waals surface area contributed by atoms with Crippen molar-refractivity contribution in [3.05, 3.63) is 77.3 Å². The molecule has 0 aliphatic rings. The second-order valence-electron chi connectivity index (χ2n) is 6.67. The summed E-state index contributed by atoms with van der Waals surface area (Å²) in [5, 5.41) is 3.68. The van der Waals surface area contributed by atoms with Gasteiger partial charge in [0.1, 0.15) is 5.75 Å². The summed E-state index contributed by atoms with van der Waals surface area (Å²) >= 11 is 7.15. The first-order valence-electron chi connectivity index (χ1n) is 9.57. The molecular formula is C22H18ClN3O4S2. The van der Waals surface area contributed by atoms with Crippen LogP contribution in [0, 0.1) is 0 Å². The molecule has 0 atom stereocenters. The van der Waals surface area contributed by atoms with Crippen LogP contribution in [-0.4, -0.2) is 25.9 Å². The van der Waals surface area contributed by atoms with Crippen molar-refractivity contribution in [2.75, 3.05) is 16.6 Å². The van der Waals surface area contributed by atoms with Gasteiger partial charge in [0.25, 0.3) is 15.9 Å². The molecule has 32 heavy (non-hydrogen) atoms. The molecule has 0 aliphatic heterocycles. The number of rotatable bonds is 7. The van der Waals surface area contributed by atoms with E-state index in [1.165, 1.54) is 59.9 Å². The van der Waals surface area contributed by atoms with Crippen molar-refractivity contribution in [2.45, 2.75) is 11.8 Å². The zero-order valence-corrected chi connectivity index (χ0v) is 19.2. The van der Waals surface area contributed by atoms with Crippen LogP contribution in [0.5, 0.6) is 5.75 Å². The Labute approximate surface area is 194 Å². The number of halogens is 1. The van der Waals surface area contributed by atoms with Crippen molar-refractivity contribution in [3.63, 3.8) is 0 Å². The molecule has 3 aromatic carbocycles. The van der Waals surface area contributed by atoms with Crippen LogP contribution in [0.25, 0.3) is 10.2 Å². The standard InChI is InChI=1S/C22H18ClN3O4S2/c1-2-30-17-9-12-19-20(13-17)31-22(24-19)25-21(27)14-3-7-16(8-4-14)26-32(28,29)18-10-5-15(23)6-11-18/h3-13,26H,2H2,1H3,(H,24,25,27). The van der Waals surface area contributed by atoms with E-state index in [0.717, 1.165) is 16.0 Å². The second kappa shape index (κ2) is 9.15. The number of hydrogen-bond acceptors (Lipinski definition) is 6. The number of carbonyl (C=O) groups excluding carboxylic acids is 1. The van der Waals surface area contributed by atoms with Crippen molar-refractivity contribution in [2.24, 2.45) is 0 Å². The number of hydrogen-bond donors (Lipinski definition) is 2. The summed E-state index contributed by atoms with van der Waals surface area (Å²) in [5.41, 5.74) is 1.47. The fourth-order valence-corrected chi connectivity index (χ4v) is 4.98. The number of nitrogens with one attached hydrogen (secondary N) is 2. The van der Waals surface area contributed by atoms with Gasteiger partial charge in [-0.1, -0.05) is 22.9 Å². The van der Waals surface area contributed by atoms with Crippen LogP contribution >= 0.6 is 22.9 Å². The maximum absolute atomic E-state index is 12.6. The lowest BCUT2D eigenvalue weighted by Crippen LogP contribution is -2.14. The zero-order chi connectivity index (χ0) is 22.7. The summed E-state index contributed by atoms with van der Waals surface area (Å²) in [7, 11) is -3.76. The van der Waals surface area contributed by atoms with Gasteiger partial charge in [-0.25, -0.2) is 13.4 Å². The van der Waals surface area contributed by atoms with Gasteiger partial charge >= 0.3 is 0 Å². The number of thiazole rings is 1. The van der Waals surface area contributed by atoms with E-state index in [2.05, 4.69) is 15.0 Å². The Morgan fingerprint density at radius 3 is 2.47 bits per heavy atom. The van der Waals surface area contributed by atoms with Gasteiger partial charge in [-0.2, -0.15) is 0 Å². The summed E-state index contributed by atoms with van der Waals surface area (Å²) in [6.07, 6.45) is 0. The third-order valence-corrected chi connectivity index (χ3v) is 7.00. The summed E-state index contributed by atoms with van der Waals surface area (Å²) in [5.74, 6) is 0.402. The predicted molar refractivity (Wildman–Crippen MR) is 127 cm³/mol. The van der Waals surface area contributed by atoms with Gasteiger partial charge in [-0.15, -0.1) is 0 Å². The number of carbonyl (C=O) groups is 1. The van der Waals surface area contributed by atoms with Crippen LogP contribution in [0.2, 0.25) is 5.02 Å². The lowest BCUT2D eigenvalue weighted by molar-refractivity contribution is 0.102. The third kappa shape index (κ3) is 5.01. The topological polar surface area (TPSA) is 97.4 Å². The van der Waals surface area contributed by atoms with Crippen LogP contribution < -0.4 is 14.8 Å². The first kappa shape index (κ1) is 22.1. The first-order chi connectivity index (χ1) is 15.3. The number of ether oxygens (including phenoxy) is 1. The quantitative estimate of drug-likeness (QED) is 0.363. The molecular weight excluding hydrogens is 470 g/mol. The second-order valence-corrected chi connectivity index (χ2v) is 9.82. The highest BCUT2D eigenvalue weighted by atomic mass is 35.5. The highest BCUT2D eigenvalue weighted by Gasteiger charge is 2.15. The third-order valence-electron chi connectivity index (χ3n) is 4.41. The molecule has 0 bridgehead atoms. The summed E-state index contributed by atoms with van der Waals surface area (Å²) < 4.78 is 33.8. The molecule has 0 aliphatic carbocycles. The summed E-state index contributed by atoms with van der Waals surface area (Å²) in [4.78, 5) is 17.1. The van der Waals surface area contributed by atoms with E-state index in [1.54, 1.807) is 0 Å². The number of benzene rings is 3. The van der Waals surface area contributed by atoms with Gasteiger partial charge in [-0.05, 0) is 73.7 Å². The van der Waals surface area contributed by atoms with Crippen molar-refractivity contribution in [1.29, 1.82) is 0 Å². The molecule has 0 unspecified atom stereocenters. The molecule has 4 rings (SSSR count). The van der Waals surface area contributed by atoms with E-state index >= 15 is 0 Å². The van der Waals surface area contributed by atoms with Crippen LogP contribution in [0.3, 0.4) is 0 Å². The molecule has 10 heteroatoms. The minimum atomic E-state index is -3.76. The van der Waals surface area contributed by atoms with Gasteiger partial charge in [0.15, 0.2) is 5.13 Å². The van der Waals surface area contributed by atoms with E-state index < -0.39 is 10.0 Å². The molecule has 7 nitrogen and oxygen atoms in total. The fraction of sp³-hybridized carbons (Fsp3) is 0.0909. The minimum absolute atomic E-state index is 0.0899. The van der Waals surface area contributed by atoms with Crippen LogP contribution in [-0.2, 0) is 10.0 Å². The van der Waals surface area contributed by atoms with Gasteiger partial charge in [0.2, 0.25) is 0 Å². The maximum atomic E-state index is 12.6. The monoisotopic (exact) mass is 487 g/mol. The van der Waals surface area contributed by atoms with E-state index in [0.29, 0.717) is 28.0 Å². The van der Waals surface area contributed by atoms with Crippen molar-refractivity contribution >= 4 is 59.9 Å². The number of aromatic nitrogens is 1. The van der Waals surface area contributed by atoms with Crippen LogP contribution in [0.1, 0.15) is 17.3 Å². The molecule has 4 aromatic rings. The van der Waals surface area contributed by atoms with Gasteiger partial charge < -0.3 is 4.74 Å². The zero-order valence-electron chi connectivity index (χ0n) is 16.8. The van der Waals surface area contributed by atoms with Crippen molar-refractivity contribution < 1.29 is 17.9 Å². The Morgan fingerprint density at radius 2 is 1.78 bits per heavy atom. The van der Waals surface area contributed by atoms with Crippen molar-refractivity contribution in [1.82, 2.24) is 4.98 Å². The Hall–Kier alpha value is -3.14. The maximum Gasteiger partial charge on any atom is 0.261 e. The van der Waals surface area contributed by atoms with Crippen LogP contribution in [0.15, 0.2) is 71.6 Å². The molecule has 1 amide bonds. The van der Waals surface area contributed by atoms with Crippen LogP contribution in [0.4, 0.5) is 10.8 Å². The van der Waals surface area contributed by atoms with Gasteiger partial charge in [0, 0.05) is 16.3 Å². The average molecular weight is 488 g/mol. The summed E-state index contributed by atoms with van der Waals surface area (Å²) in [6.45, 7) is 2.48. The molecule has 0 saturated carbocycles. The molecule has 1 aromatic heterocycles.